The van der Waals surface area contributed by atoms with Crippen LogP contribution in [0.2, 0.25) is 5.02 Å². The largest absolute Gasteiger partial charge is 0.418 e. The van der Waals surface area contributed by atoms with Crippen molar-refractivity contribution in [2.75, 3.05) is 11.9 Å². The van der Waals surface area contributed by atoms with E-state index >= 15 is 0 Å². The molecule has 1 aliphatic rings. The molecule has 2 aromatic heterocycles. The van der Waals surface area contributed by atoms with Gasteiger partial charge in [0.05, 0.1) is 16.1 Å². The second kappa shape index (κ2) is 6.87. The molecule has 0 saturated carbocycles. The van der Waals surface area contributed by atoms with Gasteiger partial charge in [-0.3, -0.25) is 0 Å². The number of halogens is 4. The fourth-order valence-electron chi connectivity index (χ4n) is 3.35. The highest BCUT2D eigenvalue weighted by molar-refractivity contribution is 7.13. The number of benzene rings is 1. The Hall–Kier alpha value is -1.99. The van der Waals surface area contributed by atoms with Crippen LogP contribution in [0.3, 0.4) is 0 Å². The predicted octanol–water partition coefficient (Wildman–Crippen LogP) is 6.33. The van der Waals surface area contributed by atoms with Gasteiger partial charge >= 0.3 is 6.18 Å². The molecule has 4 rings (SSSR count). The van der Waals surface area contributed by atoms with Gasteiger partial charge < -0.3 is 5.32 Å². The number of hydrogen-bond donors (Lipinski definition) is 1. The molecule has 3 aromatic rings. The third-order valence-electron chi connectivity index (χ3n) is 4.59. The molecule has 142 valence electrons. The van der Waals surface area contributed by atoms with E-state index < -0.39 is 11.7 Å². The van der Waals surface area contributed by atoms with Gasteiger partial charge in [0.15, 0.2) is 0 Å². The van der Waals surface area contributed by atoms with Crippen molar-refractivity contribution >= 4 is 28.8 Å². The van der Waals surface area contributed by atoms with Crippen LogP contribution in [0.1, 0.15) is 29.5 Å². The quantitative estimate of drug-likeness (QED) is 0.534. The maximum atomic E-state index is 13.6. The number of nitrogens with zero attached hydrogens (tertiary/aromatic N) is 2. The van der Waals surface area contributed by atoms with E-state index in [2.05, 4.69) is 10.4 Å². The van der Waals surface area contributed by atoms with E-state index in [0.717, 1.165) is 47.0 Å². The Balaban J connectivity index is 1.96. The summed E-state index contributed by atoms with van der Waals surface area (Å²) in [6, 6.07) is 5.83. The zero-order valence-electron chi connectivity index (χ0n) is 14.5. The lowest BCUT2D eigenvalue weighted by Gasteiger charge is -2.16. The molecular formula is C19H17ClF3N3S. The average molecular weight is 412 g/mol. The van der Waals surface area contributed by atoms with Gasteiger partial charge in [-0.2, -0.15) is 18.3 Å². The van der Waals surface area contributed by atoms with Crippen molar-refractivity contribution in [2.24, 2.45) is 0 Å². The van der Waals surface area contributed by atoms with Crippen LogP contribution in [0.4, 0.5) is 19.0 Å². The van der Waals surface area contributed by atoms with E-state index in [9.17, 15) is 13.2 Å². The zero-order valence-corrected chi connectivity index (χ0v) is 16.1. The first-order valence-electron chi connectivity index (χ1n) is 8.63. The summed E-state index contributed by atoms with van der Waals surface area (Å²) < 4.78 is 42.3. The Kier molecular flexibility index (Phi) is 4.68. The Labute approximate surface area is 163 Å². The fraction of sp³-hybridized carbons (Fsp3) is 0.316. The Morgan fingerprint density at radius 1 is 1.22 bits per heavy atom. The minimum absolute atomic E-state index is 0.0166. The van der Waals surface area contributed by atoms with Crippen LogP contribution in [0, 0.1) is 6.92 Å². The van der Waals surface area contributed by atoms with Gasteiger partial charge in [-0.05, 0) is 61.4 Å². The second-order valence-corrected chi connectivity index (χ2v) is 7.97. The minimum atomic E-state index is -4.52. The summed E-state index contributed by atoms with van der Waals surface area (Å²) >= 11 is 7.40. The summed E-state index contributed by atoms with van der Waals surface area (Å²) in [6.07, 6.45) is -1.81. The molecule has 0 radical (unpaired) electrons. The lowest BCUT2D eigenvalue weighted by atomic mass is 10.1. The minimum Gasteiger partial charge on any atom is -0.370 e. The van der Waals surface area contributed by atoms with Crippen LogP contribution >= 0.6 is 22.9 Å². The number of aryl methyl sites for hydroxylation is 1. The van der Waals surface area contributed by atoms with Crippen molar-refractivity contribution in [1.29, 1.82) is 0 Å². The van der Waals surface area contributed by atoms with Gasteiger partial charge in [0.1, 0.15) is 11.5 Å². The first-order valence-corrected chi connectivity index (χ1v) is 9.89. The first kappa shape index (κ1) is 18.4. The number of aromatic nitrogens is 2. The van der Waals surface area contributed by atoms with Crippen molar-refractivity contribution in [2.45, 2.75) is 32.4 Å². The summed E-state index contributed by atoms with van der Waals surface area (Å²) in [4.78, 5) is 0.966. The molecule has 0 bridgehead atoms. The fourth-order valence-corrected chi connectivity index (χ4v) is 4.43. The highest BCUT2D eigenvalue weighted by Crippen LogP contribution is 2.40. The molecule has 0 amide bonds. The van der Waals surface area contributed by atoms with Crippen molar-refractivity contribution in [3.05, 3.63) is 51.4 Å². The third-order valence-corrected chi connectivity index (χ3v) is 5.88. The first-order chi connectivity index (χ1) is 12.8. The van der Waals surface area contributed by atoms with Crippen molar-refractivity contribution in [3.63, 3.8) is 0 Å². The summed E-state index contributed by atoms with van der Waals surface area (Å²) in [6.45, 7) is 2.70. The molecule has 1 N–H and O–H groups in total. The molecule has 0 saturated heterocycles. The second-order valence-electron chi connectivity index (χ2n) is 6.62. The van der Waals surface area contributed by atoms with Crippen molar-refractivity contribution in [3.8, 4) is 16.3 Å². The SMILES string of the molecule is Cc1csc(-c2nn(-c3ccc(Cl)cc3C(F)(F)F)c3c2CCCCN3)c1. The molecule has 0 spiro atoms. The number of thiophene rings is 1. The van der Waals surface area contributed by atoms with Gasteiger partial charge in [0.25, 0.3) is 0 Å². The number of nitrogens with one attached hydrogen (secondary N) is 1. The Bertz CT molecular complexity index is 991. The molecule has 27 heavy (non-hydrogen) atoms. The van der Waals surface area contributed by atoms with Crippen LogP contribution in [0.5, 0.6) is 0 Å². The Morgan fingerprint density at radius 3 is 2.74 bits per heavy atom. The normalized spacial score (nSPS) is 14.6. The Morgan fingerprint density at radius 2 is 2.04 bits per heavy atom. The highest BCUT2D eigenvalue weighted by atomic mass is 35.5. The van der Waals surface area contributed by atoms with Crippen molar-refractivity contribution < 1.29 is 13.2 Å². The monoisotopic (exact) mass is 411 g/mol. The van der Waals surface area contributed by atoms with E-state index in [1.807, 2.05) is 18.4 Å². The van der Waals surface area contributed by atoms with Crippen LogP contribution in [0.25, 0.3) is 16.3 Å². The number of anilines is 1. The van der Waals surface area contributed by atoms with E-state index in [4.69, 9.17) is 11.6 Å². The summed E-state index contributed by atoms with van der Waals surface area (Å²) in [5, 5.41) is 9.97. The maximum absolute atomic E-state index is 13.6. The average Bonchev–Trinajstić information content (AvgIpc) is 3.09. The standard InChI is InChI=1S/C19H17ClF3N3S/c1-11-8-16(27-10-11)17-13-4-2-3-7-24-18(13)26(25-17)15-6-5-12(20)9-14(15)19(21,22)23/h5-6,8-10,24H,2-4,7H2,1H3. The molecule has 0 fully saturated rings. The van der Waals surface area contributed by atoms with E-state index in [1.54, 1.807) is 11.3 Å². The van der Waals surface area contributed by atoms with Crippen LogP contribution < -0.4 is 5.32 Å². The molecule has 8 heteroatoms. The lowest BCUT2D eigenvalue weighted by molar-refractivity contribution is -0.137. The van der Waals surface area contributed by atoms with Gasteiger partial charge in [-0.15, -0.1) is 11.3 Å². The van der Waals surface area contributed by atoms with Gasteiger partial charge in [0.2, 0.25) is 0 Å². The topological polar surface area (TPSA) is 29.9 Å². The maximum Gasteiger partial charge on any atom is 0.418 e. The van der Waals surface area contributed by atoms with Crippen LogP contribution in [-0.4, -0.2) is 16.3 Å². The summed E-state index contributed by atoms with van der Waals surface area (Å²) in [5.74, 6) is 0.640. The van der Waals surface area contributed by atoms with Gasteiger partial charge in [0, 0.05) is 17.1 Å². The molecule has 3 heterocycles. The molecule has 0 atom stereocenters. The van der Waals surface area contributed by atoms with Crippen LogP contribution in [-0.2, 0) is 12.6 Å². The smallest absolute Gasteiger partial charge is 0.370 e. The van der Waals surface area contributed by atoms with Gasteiger partial charge in [-0.1, -0.05) is 11.6 Å². The summed E-state index contributed by atoms with van der Waals surface area (Å²) in [7, 11) is 0. The molecule has 0 unspecified atom stereocenters. The number of fused-ring (bicyclic) bond motifs is 1. The predicted molar refractivity (Wildman–Crippen MR) is 103 cm³/mol. The third kappa shape index (κ3) is 3.46. The molecule has 3 nitrogen and oxygen atoms in total. The van der Waals surface area contributed by atoms with E-state index in [1.165, 1.54) is 16.8 Å². The van der Waals surface area contributed by atoms with Crippen molar-refractivity contribution in [1.82, 2.24) is 9.78 Å². The lowest BCUT2D eigenvalue weighted by Crippen LogP contribution is -2.14. The number of alkyl halides is 3. The molecule has 0 aliphatic carbocycles. The zero-order chi connectivity index (χ0) is 19.2. The highest BCUT2D eigenvalue weighted by Gasteiger charge is 2.36. The molecular weight excluding hydrogens is 395 g/mol. The molecule has 1 aliphatic heterocycles. The number of rotatable bonds is 2. The number of hydrogen-bond acceptors (Lipinski definition) is 3. The van der Waals surface area contributed by atoms with Crippen LogP contribution in [0.15, 0.2) is 29.6 Å². The van der Waals surface area contributed by atoms with Gasteiger partial charge in [-0.25, -0.2) is 4.68 Å². The van der Waals surface area contributed by atoms with E-state index in [-0.39, 0.29) is 10.7 Å². The van der Waals surface area contributed by atoms with E-state index in [0.29, 0.717) is 12.4 Å². The summed E-state index contributed by atoms with van der Waals surface area (Å²) in [5.41, 5.74) is 2.03. The molecule has 1 aromatic carbocycles.